The highest BCUT2D eigenvalue weighted by Gasteiger charge is 2.35. The molecule has 0 aromatic heterocycles. The number of carboxylic acids is 1. The predicted octanol–water partition coefficient (Wildman–Crippen LogP) is 0.647. The van der Waals surface area contributed by atoms with Crippen molar-refractivity contribution >= 4 is 17.8 Å². The van der Waals surface area contributed by atoms with Crippen molar-refractivity contribution in [2.45, 2.75) is 6.42 Å². The van der Waals surface area contributed by atoms with Crippen molar-refractivity contribution < 1.29 is 19.5 Å². The van der Waals surface area contributed by atoms with E-state index in [1.807, 2.05) is 0 Å². The van der Waals surface area contributed by atoms with E-state index in [4.69, 9.17) is 5.11 Å². The van der Waals surface area contributed by atoms with Gasteiger partial charge >= 0.3 is 5.97 Å². The molecule has 0 bridgehead atoms. The monoisotopic (exact) mass is 262 g/mol. The Morgan fingerprint density at radius 1 is 1.21 bits per heavy atom. The lowest BCUT2D eigenvalue weighted by Gasteiger charge is -2.22. The second-order valence-electron chi connectivity index (χ2n) is 4.45. The van der Waals surface area contributed by atoms with Crippen molar-refractivity contribution in [3.8, 4) is 0 Å². The van der Waals surface area contributed by atoms with Gasteiger partial charge < -0.3 is 5.11 Å². The van der Waals surface area contributed by atoms with Gasteiger partial charge in [-0.15, -0.1) is 0 Å². The normalized spacial score (nSPS) is 14.1. The summed E-state index contributed by atoms with van der Waals surface area (Å²) in [5.74, 6) is -1.57. The number of rotatable bonds is 5. The SMILES string of the molecule is CN(CCC(=O)O)CN1C(=O)c2ccccc2C1=O. The fourth-order valence-corrected chi connectivity index (χ4v) is 1.97. The van der Waals surface area contributed by atoms with E-state index < -0.39 is 5.97 Å². The molecule has 0 unspecified atom stereocenters. The lowest BCUT2D eigenvalue weighted by molar-refractivity contribution is -0.137. The zero-order valence-corrected chi connectivity index (χ0v) is 10.5. The van der Waals surface area contributed by atoms with E-state index >= 15 is 0 Å². The standard InChI is InChI=1S/C13H14N2O4/c1-14(7-6-11(16)17)8-15-12(18)9-4-2-3-5-10(9)13(15)19/h2-5H,6-8H2,1H3,(H,16,17). The summed E-state index contributed by atoms with van der Waals surface area (Å²) in [5, 5.41) is 8.60. The maximum absolute atomic E-state index is 12.0. The van der Waals surface area contributed by atoms with Gasteiger partial charge in [-0.2, -0.15) is 0 Å². The fraction of sp³-hybridized carbons (Fsp3) is 0.308. The van der Waals surface area contributed by atoms with Crippen LogP contribution in [-0.4, -0.2) is 53.0 Å². The van der Waals surface area contributed by atoms with Crippen molar-refractivity contribution in [1.82, 2.24) is 9.80 Å². The first-order valence-corrected chi connectivity index (χ1v) is 5.86. The number of imide groups is 1. The summed E-state index contributed by atoms with van der Waals surface area (Å²) in [6.07, 6.45) is -0.0281. The summed E-state index contributed by atoms with van der Waals surface area (Å²) >= 11 is 0. The average molecular weight is 262 g/mol. The molecule has 2 rings (SSSR count). The van der Waals surface area contributed by atoms with Crippen LogP contribution in [0.4, 0.5) is 0 Å². The van der Waals surface area contributed by atoms with Crippen LogP contribution in [0, 0.1) is 0 Å². The molecule has 1 aliphatic heterocycles. The van der Waals surface area contributed by atoms with Gasteiger partial charge in [-0.25, -0.2) is 0 Å². The van der Waals surface area contributed by atoms with Gasteiger partial charge in [0.2, 0.25) is 0 Å². The number of fused-ring (bicyclic) bond motifs is 1. The highest BCUT2D eigenvalue weighted by molar-refractivity contribution is 6.21. The second-order valence-corrected chi connectivity index (χ2v) is 4.45. The summed E-state index contributed by atoms with van der Waals surface area (Å²) in [6.45, 7) is 0.377. The minimum absolute atomic E-state index is 0.0281. The van der Waals surface area contributed by atoms with Gasteiger partial charge in [-0.05, 0) is 19.2 Å². The number of carbonyl (C=O) groups is 3. The van der Waals surface area contributed by atoms with Gasteiger partial charge in [0.05, 0.1) is 24.2 Å². The second kappa shape index (κ2) is 5.19. The minimum atomic E-state index is -0.908. The molecule has 6 heteroatoms. The molecule has 19 heavy (non-hydrogen) atoms. The maximum atomic E-state index is 12.0. The summed E-state index contributed by atoms with van der Waals surface area (Å²) in [6, 6.07) is 6.66. The molecule has 1 N–H and O–H groups in total. The Morgan fingerprint density at radius 2 is 1.74 bits per heavy atom. The number of amides is 2. The Kier molecular flexibility index (Phi) is 3.62. The van der Waals surface area contributed by atoms with Gasteiger partial charge in [0.25, 0.3) is 11.8 Å². The van der Waals surface area contributed by atoms with E-state index in [0.717, 1.165) is 4.90 Å². The van der Waals surface area contributed by atoms with Crippen LogP contribution in [0.3, 0.4) is 0 Å². The molecule has 0 radical (unpaired) electrons. The summed E-state index contributed by atoms with van der Waals surface area (Å²) < 4.78 is 0. The zero-order valence-electron chi connectivity index (χ0n) is 10.5. The van der Waals surface area contributed by atoms with Crippen molar-refractivity contribution in [1.29, 1.82) is 0 Å². The first-order chi connectivity index (χ1) is 9.00. The average Bonchev–Trinajstić information content (AvgIpc) is 2.62. The molecule has 1 aromatic rings. The number of benzene rings is 1. The molecule has 6 nitrogen and oxygen atoms in total. The molecule has 0 saturated carbocycles. The third-order valence-corrected chi connectivity index (χ3v) is 2.97. The molecule has 0 atom stereocenters. The summed E-state index contributed by atoms with van der Waals surface area (Å²) in [7, 11) is 1.67. The van der Waals surface area contributed by atoms with Crippen LogP contribution in [0.15, 0.2) is 24.3 Å². The predicted molar refractivity (Wildman–Crippen MR) is 66.7 cm³/mol. The lowest BCUT2D eigenvalue weighted by atomic mass is 10.1. The topological polar surface area (TPSA) is 77.9 Å². The number of hydrogen-bond donors (Lipinski definition) is 1. The zero-order chi connectivity index (χ0) is 14.0. The quantitative estimate of drug-likeness (QED) is 0.788. The van der Waals surface area contributed by atoms with Gasteiger partial charge in [0.1, 0.15) is 0 Å². The number of carbonyl (C=O) groups excluding carboxylic acids is 2. The van der Waals surface area contributed by atoms with E-state index in [1.54, 1.807) is 36.2 Å². The largest absolute Gasteiger partial charge is 0.481 e. The smallest absolute Gasteiger partial charge is 0.304 e. The minimum Gasteiger partial charge on any atom is -0.481 e. The molecule has 2 amide bonds. The molecule has 1 aliphatic rings. The Balaban J connectivity index is 2.06. The Bertz CT molecular complexity index is 506. The molecule has 100 valence electrons. The maximum Gasteiger partial charge on any atom is 0.304 e. The van der Waals surface area contributed by atoms with Crippen molar-refractivity contribution in [3.05, 3.63) is 35.4 Å². The van der Waals surface area contributed by atoms with Crippen molar-refractivity contribution in [2.24, 2.45) is 0 Å². The first kappa shape index (κ1) is 13.2. The van der Waals surface area contributed by atoms with E-state index in [2.05, 4.69) is 0 Å². The molecular formula is C13H14N2O4. The molecule has 1 aromatic carbocycles. The van der Waals surface area contributed by atoms with E-state index in [-0.39, 0.29) is 31.4 Å². The number of nitrogens with zero attached hydrogens (tertiary/aromatic N) is 2. The van der Waals surface area contributed by atoms with E-state index in [9.17, 15) is 14.4 Å². The van der Waals surface area contributed by atoms with Crippen molar-refractivity contribution in [2.75, 3.05) is 20.3 Å². The molecule has 1 heterocycles. The van der Waals surface area contributed by atoms with Gasteiger partial charge in [-0.3, -0.25) is 24.2 Å². The van der Waals surface area contributed by atoms with Crippen LogP contribution in [0.1, 0.15) is 27.1 Å². The van der Waals surface area contributed by atoms with Gasteiger partial charge in [-0.1, -0.05) is 12.1 Å². The Morgan fingerprint density at radius 3 is 2.21 bits per heavy atom. The van der Waals surface area contributed by atoms with Crippen LogP contribution in [0.2, 0.25) is 0 Å². The molecule has 0 spiro atoms. The Labute approximate surface area is 110 Å². The number of aliphatic carboxylic acids is 1. The number of carboxylic acid groups (broad SMARTS) is 1. The number of hydrogen-bond acceptors (Lipinski definition) is 4. The third kappa shape index (κ3) is 2.63. The van der Waals surface area contributed by atoms with Crippen LogP contribution < -0.4 is 0 Å². The Hall–Kier alpha value is -2.21. The van der Waals surface area contributed by atoms with E-state index in [0.29, 0.717) is 11.1 Å². The summed E-state index contributed by atoms with van der Waals surface area (Å²) in [4.78, 5) is 37.3. The fourth-order valence-electron chi connectivity index (χ4n) is 1.97. The highest BCUT2D eigenvalue weighted by Crippen LogP contribution is 2.22. The van der Waals surface area contributed by atoms with Crippen LogP contribution >= 0.6 is 0 Å². The summed E-state index contributed by atoms with van der Waals surface area (Å²) in [5.41, 5.74) is 0.804. The molecule has 0 aliphatic carbocycles. The van der Waals surface area contributed by atoms with Crippen LogP contribution in [-0.2, 0) is 4.79 Å². The highest BCUT2D eigenvalue weighted by atomic mass is 16.4. The molecule has 0 fully saturated rings. The van der Waals surface area contributed by atoms with Crippen LogP contribution in [0.5, 0.6) is 0 Å². The van der Waals surface area contributed by atoms with Crippen LogP contribution in [0.25, 0.3) is 0 Å². The lowest BCUT2D eigenvalue weighted by Crippen LogP contribution is -2.40. The first-order valence-electron chi connectivity index (χ1n) is 5.86. The van der Waals surface area contributed by atoms with Crippen molar-refractivity contribution in [3.63, 3.8) is 0 Å². The third-order valence-electron chi connectivity index (χ3n) is 2.97. The molecular weight excluding hydrogens is 248 g/mol. The van der Waals surface area contributed by atoms with Gasteiger partial charge in [0, 0.05) is 6.54 Å². The van der Waals surface area contributed by atoms with E-state index in [1.165, 1.54) is 0 Å². The van der Waals surface area contributed by atoms with Gasteiger partial charge in [0.15, 0.2) is 0 Å². The molecule has 0 saturated heterocycles.